The van der Waals surface area contributed by atoms with Gasteiger partial charge in [0.1, 0.15) is 0 Å². The molecule has 2 aliphatic heterocycles. The maximum absolute atomic E-state index is 11.5. The van der Waals surface area contributed by atoms with Crippen molar-refractivity contribution in [2.45, 2.75) is 12.8 Å². The summed E-state index contributed by atoms with van der Waals surface area (Å²) in [6.45, 7) is 3.77. The zero-order chi connectivity index (χ0) is 12.3. The van der Waals surface area contributed by atoms with E-state index < -0.39 is 10.0 Å². The fourth-order valence-corrected chi connectivity index (χ4v) is 4.58. The van der Waals surface area contributed by atoms with Crippen molar-refractivity contribution >= 4 is 21.8 Å². The summed E-state index contributed by atoms with van der Waals surface area (Å²) in [5.41, 5.74) is 0. The lowest BCUT2D eigenvalue weighted by atomic mass is 10.0. The lowest BCUT2D eigenvalue weighted by Crippen LogP contribution is -2.43. The molecule has 0 aromatic rings. The summed E-state index contributed by atoms with van der Waals surface area (Å²) < 4.78 is 24.6. The molecule has 0 radical (unpaired) electrons. The largest absolute Gasteiger partial charge is 0.316 e. The third-order valence-corrected chi connectivity index (χ3v) is 6.21. The Labute approximate surface area is 109 Å². The molecule has 2 aliphatic rings. The van der Waals surface area contributed by atoms with Crippen molar-refractivity contribution < 1.29 is 8.42 Å². The molecule has 0 amide bonds. The minimum absolute atomic E-state index is 0.552. The zero-order valence-corrected chi connectivity index (χ0v) is 12.0. The van der Waals surface area contributed by atoms with Crippen molar-refractivity contribution in [2.24, 2.45) is 11.8 Å². The van der Waals surface area contributed by atoms with Gasteiger partial charge in [0.25, 0.3) is 0 Å². The van der Waals surface area contributed by atoms with Gasteiger partial charge in [0.2, 0.25) is 10.0 Å². The lowest BCUT2D eigenvalue weighted by molar-refractivity contribution is 0.286. The number of piperidine rings is 1. The molecule has 17 heavy (non-hydrogen) atoms. The van der Waals surface area contributed by atoms with E-state index in [1.165, 1.54) is 18.4 Å². The number of nitrogens with zero attached hydrogens (tertiary/aromatic N) is 1. The molecule has 6 heteroatoms. The van der Waals surface area contributed by atoms with E-state index in [4.69, 9.17) is 0 Å². The van der Waals surface area contributed by atoms with E-state index in [0.29, 0.717) is 12.5 Å². The molecular weight excluding hydrogens is 256 g/mol. The van der Waals surface area contributed by atoms with Crippen LogP contribution in [0.1, 0.15) is 12.8 Å². The van der Waals surface area contributed by atoms with E-state index in [-0.39, 0.29) is 0 Å². The maximum atomic E-state index is 11.5. The molecule has 0 aliphatic carbocycles. The highest BCUT2D eigenvalue weighted by Gasteiger charge is 2.26. The summed E-state index contributed by atoms with van der Waals surface area (Å²) in [5.74, 6) is 3.73. The molecule has 2 rings (SSSR count). The molecule has 2 heterocycles. The van der Waals surface area contributed by atoms with Gasteiger partial charge in [-0.3, -0.25) is 0 Å². The van der Waals surface area contributed by atoms with Crippen molar-refractivity contribution in [3.63, 3.8) is 0 Å². The third-order valence-electron chi connectivity index (χ3n) is 3.52. The Hall–Kier alpha value is 0.220. The molecule has 1 atom stereocenters. The molecule has 0 bridgehead atoms. The highest BCUT2D eigenvalue weighted by atomic mass is 32.2. The number of rotatable bonds is 5. The second-order valence-electron chi connectivity index (χ2n) is 5.19. The van der Waals surface area contributed by atoms with Crippen molar-refractivity contribution in [3.8, 4) is 0 Å². The van der Waals surface area contributed by atoms with Gasteiger partial charge in [0.15, 0.2) is 0 Å². The van der Waals surface area contributed by atoms with Crippen LogP contribution in [0.4, 0.5) is 0 Å². The average Bonchev–Trinajstić information content (AvgIpc) is 2.21. The normalized spacial score (nSPS) is 27.9. The highest BCUT2D eigenvalue weighted by Crippen LogP contribution is 2.23. The second kappa shape index (κ2) is 5.91. The monoisotopic (exact) mass is 278 g/mol. The van der Waals surface area contributed by atoms with E-state index in [2.05, 4.69) is 5.32 Å². The third kappa shape index (κ3) is 4.12. The Kier molecular flexibility index (Phi) is 4.74. The van der Waals surface area contributed by atoms with E-state index in [1.807, 2.05) is 11.8 Å². The number of hydrogen-bond acceptors (Lipinski definition) is 4. The Morgan fingerprint density at radius 3 is 2.59 bits per heavy atom. The van der Waals surface area contributed by atoms with Gasteiger partial charge in [-0.1, -0.05) is 0 Å². The van der Waals surface area contributed by atoms with Gasteiger partial charge in [-0.2, -0.15) is 11.8 Å². The minimum Gasteiger partial charge on any atom is -0.316 e. The van der Waals surface area contributed by atoms with Crippen LogP contribution >= 0.6 is 11.8 Å². The van der Waals surface area contributed by atoms with Crippen LogP contribution in [-0.2, 0) is 10.0 Å². The number of thioether (sulfide) groups is 1. The first-order valence-electron chi connectivity index (χ1n) is 6.29. The second-order valence-corrected chi connectivity index (χ2v) is 8.25. The average molecular weight is 278 g/mol. The molecule has 100 valence electrons. The zero-order valence-electron chi connectivity index (χ0n) is 10.4. The summed E-state index contributed by atoms with van der Waals surface area (Å²) in [5, 5.41) is 3.28. The Morgan fingerprint density at radius 1 is 1.29 bits per heavy atom. The van der Waals surface area contributed by atoms with Gasteiger partial charge in [0, 0.05) is 13.1 Å². The molecule has 0 aromatic carbocycles. The van der Waals surface area contributed by atoms with Gasteiger partial charge in [-0.15, -0.1) is 0 Å². The summed E-state index contributed by atoms with van der Waals surface area (Å²) in [6, 6.07) is 0. The van der Waals surface area contributed by atoms with Gasteiger partial charge >= 0.3 is 0 Å². The van der Waals surface area contributed by atoms with Crippen molar-refractivity contribution in [1.29, 1.82) is 0 Å². The van der Waals surface area contributed by atoms with Crippen LogP contribution in [0.5, 0.6) is 0 Å². The highest BCUT2D eigenvalue weighted by molar-refractivity contribution is 7.99. The summed E-state index contributed by atoms with van der Waals surface area (Å²) in [6.07, 6.45) is 3.52. The quantitative estimate of drug-likeness (QED) is 0.800. The Morgan fingerprint density at radius 2 is 2.00 bits per heavy atom. The number of nitrogens with one attached hydrogen (secondary N) is 1. The molecule has 1 unspecified atom stereocenters. The lowest BCUT2D eigenvalue weighted by Gasteiger charge is -2.32. The maximum Gasteiger partial charge on any atom is 0.211 e. The molecule has 2 fully saturated rings. The van der Waals surface area contributed by atoms with Crippen LogP contribution in [0.2, 0.25) is 0 Å². The standard InChI is InChI=1S/C11H22N2O2S2/c1-17(14,15)13-4-2-3-10(7-13)8-16-9-11-5-12-6-11/h10-12H,2-9H2,1H3. The van der Waals surface area contributed by atoms with Crippen LogP contribution in [0.3, 0.4) is 0 Å². The van der Waals surface area contributed by atoms with Crippen LogP contribution in [0, 0.1) is 11.8 Å². The first kappa shape index (κ1) is 13.6. The fourth-order valence-electron chi connectivity index (χ4n) is 2.33. The van der Waals surface area contributed by atoms with E-state index in [9.17, 15) is 8.42 Å². The Bertz CT molecular complexity index is 341. The van der Waals surface area contributed by atoms with Crippen LogP contribution in [0.25, 0.3) is 0 Å². The van der Waals surface area contributed by atoms with Gasteiger partial charge in [-0.05, 0) is 49.3 Å². The first-order valence-corrected chi connectivity index (χ1v) is 9.29. The van der Waals surface area contributed by atoms with E-state index >= 15 is 0 Å². The molecule has 0 aromatic heterocycles. The van der Waals surface area contributed by atoms with Gasteiger partial charge in [-0.25, -0.2) is 12.7 Å². The molecule has 0 saturated carbocycles. The fraction of sp³-hybridized carbons (Fsp3) is 1.00. The number of sulfonamides is 1. The number of hydrogen-bond donors (Lipinski definition) is 1. The SMILES string of the molecule is CS(=O)(=O)N1CCCC(CSCC2CNC2)C1. The van der Waals surface area contributed by atoms with Crippen molar-refractivity contribution in [3.05, 3.63) is 0 Å². The molecule has 0 spiro atoms. The van der Waals surface area contributed by atoms with E-state index in [1.54, 1.807) is 4.31 Å². The summed E-state index contributed by atoms with van der Waals surface area (Å²) in [7, 11) is -2.98. The Balaban J connectivity index is 1.69. The van der Waals surface area contributed by atoms with Crippen LogP contribution < -0.4 is 5.32 Å². The first-order chi connectivity index (χ1) is 8.05. The van der Waals surface area contributed by atoms with Gasteiger partial charge < -0.3 is 5.32 Å². The predicted octanol–water partition coefficient (Wildman–Crippen LogP) is 0.611. The summed E-state index contributed by atoms with van der Waals surface area (Å²) >= 11 is 1.99. The molecule has 4 nitrogen and oxygen atoms in total. The molecular formula is C11H22N2O2S2. The van der Waals surface area contributed by atoms with Crippen LogP contribution in [0.15, 0.2) is 0 Å². The van der Waals surface area contributed by atoms with Crippen molar-refractivity contribution in [2.75, 3.05) is 43.9 Å². The van der Waals surface area contributed by atoms with Crippen LogP contribution in [-0.4, -0.2) is 56.7 Å². The summed E-state index contributed by atoms with van der Waals surface area (Å²) in [4.78, 5) is 0. The smallest absolute Gasteiger partial charge is 0.211 e. The molecule has 1 N–H and O–H groups in total. The molecule has 2 saturated heterocycles. The van der Waals surface area contributed by atoms with Crippen molar-refractivity contribution in [1.82, 2.24) is 9.62 Å². The topological polar surface area (TPSA) is 49.4 Å². The minimum atomic E-state index is -2.98. The predicted molar refractivity (Wildman–Crippen MR) is 72.8 cm³/mol. The van der Waals surface area contributed by atoms with Gasteiger partial charge in [0.05, 0.1) is 6.26 Å². The van der Waals surface area contributed by atoms with E-state index in [0.717, 1.165) is 37.7 Å².